The van der Waals surface area contributed by atoms with Gasteiger partial charge in [-0.05, 0) is 86.2 Å². The van der Waals surface area contributed by atoms with Crippen molar-refractivity contribution in [2.45, 2.75) is 106 Å². The molecule has 1 atom stereocenters. The van der Waals surface area contributed by atoms with E-state index in [4.69, 9.17) is 23.9 Å². The number of aldehydes is 2. The van der Waals surface area contributed by atoms with Crippen LogP contribution in [0.5, 0.6) is 5.75 Å². The summed E-state index contributed by atoms with van der Waals surface area (Å²) in [5, 5.41) is 0.818. The number of ether oxygens (including phenoxy) is 4. The van der Waals surface area contributed by atoms with Gasteiger partial charge in [0.15, 0.2) is 0 Å². The number of hydrogen-bond donors (Lipinski definition) is 0. The number of benzene rings is 3. The zero-order valence-electron chi connectivity index (χ0n) is 38.3. The normalized spacial score (nSPS) is 15.9. The highest BCUT2D eigenvalue weighted by Crippen LogP contribution is 2.39. The predicted molar refractivity (Wildman–Crippen MR) is 247 cm³/mol. The van der Waals surface area contributed by atoms with Crippen molar-refractivity contribution in [2.75, 3.05) is 25.6 Å². The molecule has 0 spiro atoms. The fraction of sp³-hybridized carbons (Fsp3) is 0.373. The number of anilines is 1. The lowest BCUT2D eigenvalue weighted by Crippen LogP contribution is -2.36. The van der Waals surface area contributed by atoms with Gasteiger partial charge < -0.3 is 33.5 Å². The highest BCUT2D eigenvalue weighted by Gasteiger charge is 2.36. The number of carbonyl (C=O) groups is 5. The number of carbonyl (C=O) groups excluding carboxylic acids is 5. The Morgan fingerprint density at radius 3 is 2.29 bits per heavy atom. The first-order valence-corrected chi connectivity index (χ1v) is 21.5. The lowest BCUT2D eigenvalue weighted by molar-refractivity contribution is -0.166. The summed E-state index contributed by atoms with van der Waals surface area (Å²) in [7, 11) is 4.00. The Morgan fingerprint density at radius 2 is 1.62 bits per heavy atom. The van der Waals surface area contributed by atoms with Gasteiger partial charge in [0.05, 0.1) is 23.3 Å². The molecule has 0 radical (unpaired) electrons. The van der Waals surface area contributed by atoms with Crippen LogP contribution in [0.25, 0.3) is 22.2 Å². The molecule has 0 N–H and O–H groups in total. The molecule has 1 unspecified atom stereocenters. The molecule has 12 heteroatoms. The molecule has 0 aliphatic carbocycles. The van der Waals surface area contributed by atoms with E-state index in [-0.39, 0.29) is 30.6 Å². The Balaban J connectivity index is 0.000000327. The fourth-order valence-electron chi connectivity index (χ4n) is 7.40. The number of aryl methyl sites for hydroxylation is 1. The van der Waals surface area contributed by atoms with E-state index in [1.54, 1.807) is 45.0 Å². The predicted octanol–water partition coefficient (Wildman–Crippen LogP) is 9.79. The molecular formula is C51H61N3O9. The Bertz CT molecular complexity index is 2390. The van der Waals surface area contributed by atoms with Crippen LogP contribution in [0.1, 0.15) is 102 Å². The summed E-state index contributed by atoms with van der Waals surface area (Å²) < 4.78 is 21.1. The van der Waals surface area contributed by atoms with Crippen LogP contribution in [0.4, 0.5) is 10.5 Å². The Hall–Kier alpha value is -6.56. The van der Waals surface area contributed by atoms with Gasteiger partial charge in [-0.15, -0.1) is 0 Å². The van der Waals surface area contributed by atoms with E-state index in [0.29, 0.717) is 48.2 Å². The summed E-state index contributed by atoms with van der Waals surface area (Å²) in [6.45, 7) is 20.7. The topological polar surface area (TPSA) is 142 Å². The van der Waals surface area contributed by atoms with Crippen LogP contribution in [-0.4, -0.2) is 73.0 Å². The quantitative estimate of drug-likeness (QED) is 0.0721. The van der Waals surface area contributed by atoms with Crippen LogP contribution in [0.15, 0.2) is 90.5 Å². The summed E-state index contributed by atoms with van der Waals surface area (Å²) in [5.41, 5.74) is 10.1. The molecule has 63 heavy (non-hydrogen) atoms. The van der Waals surface area contributed by atoms with Crippen LogP contribution in [0, 0.1) is 0 Å². The summed E-state index contributed by atoms with van der Waals surface area (Å²) in [6, 6.07) is 22.3. The van der Waals surface area contributed by atoms with Crippen molar-refractivity contribution in [2.24, 2.45) is 0 Å². The van der Waals surface area contributed by atoms with Crippen molar-refractivity contribution in [1.29, 1.82) is 0 Å². The smallest absolute Gasteiger partial charge is 0.458 e. The molecule has 0 amide bonds. The number of rotatable bonds is 8. The molecule has 3 aliphatic heterocycles. The molecule has 0 bridgehead atoms. The largest absolute Gasteiger partial charge is 0.514 e. The third kappa shape index (κ3) is 12.1. The van der Waals surface area contributed by atoms with E-state index < -0.39 is 29.8 Å². The van der Waals surface area contributed by atoms with Crippen molar-refractivity contribution in [3.8, 4) is 5.75 Å². The monoisotopic (exact) mass is 859 g/mol. The molecule has 3 aromatic carbocycles. The molecule has 0 saturated heterocycles. The maximum Gasteiger partial charge on any atom is 0.514 e. The fourth-order valence-corrected chi connectivity index (χ4v) is 7.40. The number of cyclic esters (lactones) is 1. The molecule has 12 nitrogen and oxygen atoms in total. The maximum atomic E-state index is 12.6. The van der Waals surface area contributed by atoms with Crippen LogP contribution in [-0.2, 0) is 59.3 Å². The third-order valence-electron chi connectivity index (χ3n) is 10.2. The second-order valence-corrected chi connectivity index (χ2v) is 15.6. The molecule has 334 valence electrons. The van der Waals surface area contributed by atoms with E-state index in [1.165, 1.54) is 28.0 Å². The minimum Gasteiger partial charge on any atom is -0.458 e. The number of nitrogens with zero attached hydrogens (tertiary/aromatic N) is 3. The second-order valence-electron chi connectivity index (χ2n) is 15.6. The Morgan fingerprint density at radius 1 is 0.937 bits per heavy atom. The number of aromatic nitrogens is 1. The van der Waals surface area contributed by atoms with E-state index in [1.807, 2.05) is 46.6 Å². The average molecular weight is 860 g/mol. The minimum atomic E-state index is -1.45. The molecule has 3 aliphatic rings. The van der Waals surface area contributed by atoms with E-state index in [0.717, 1.165) is 29.5 Å². The van der Waals surface area contributed by atoms with E-state index in [9.17, 15) is 24.0 Å². The Kier molecular flexibility index (Phi) is 17.5. The Labute approximate surface area is 371 Å². The molecule has 4 aromatic rings. The number of fused-ring (bicyclic) bond motifs is 4. The summed E-state index contributed by atoms with van der Waals surface area (Å²) in [4.78, 5) is 68.8. The zero-order chi connectivity index (χ0) is 46.4. The molecule has 0 saturated carbocycles. The summed E-state index contributed by atoms with van der Waals surface area (Å²) in [6.07, 6.45) is 1.86. The molecule has 0 fully saturated rings. The number of pyridine rings is 1. The average Bonchev–Trinajstić information content (AvgIpc) is 3.57. The van der Waals surface area contributed by atoms with Gasteiger partial charge in [0, 0.05) is 67.0 Å². The van der Waals surface area contributed by atoms with Gasteiger partial charge in [-0.3, -0.25) is 9.59 Å². The van der Waals surface area contributed by atoms with Crippen molar-refractivity contribution >= 4 is 58.5 Å². The molecule has 4 heterocycles. The van der Waals surface area contributed by atoms with Crippen LogP contribution in [0.3, 0.4) is 0 Å². The summed E-state index contributed by atoms with van der Waals surface area (Å²) >= 11 is 0. The van der Waals surface area contributed by atoms with Crippen LogP contribution >= 0.6 is 0 Å². The lowest BCUT2D eigenvalue weighted by Gasteiger charge is -2.27. The molecular weight excluding hydrogens is 799 g/mol. The SMILES string of the molecule is C=C1Cc2ccccc2CN(C)c2ccccc21.CC.CC.CCc1c2c(nc3ccc(OC(=O)OC(C)(C)C)cc13)/C(=C/C1=C(C=O)COC(=O)C1OC(=O)CCC=O)N(C)C2. The van der Waals surface area contributed by atoms with Crippen LogP contribution in [0.2, 0.25) is 0 Å². The van der Waals surface area contributed by atoms with E-state index >= 15 is 0 Å². The van der Waals surface area contributed by atoms with Gasteiger partial charge in [0.2, 0.25) is 6.10 Å². The van der Waals surface area contributed by atoms with E-state index in [2.05, 4.69) is 67.1 Å². The van der Waals surface area contributed by atoms with Crippen LogP contribution < -0.4 is 9.64 Å². The maximum absolute atomic E-state index is 12.6. The highest BCUT2D eigenvalue weighted by molar-refractivity contribution is 5.93. The van der Waals surface area contributed by atoms with Gasteiger partial charge in [-0.1, -0.05) is 83.7 Å². The first kappa shape index (κ1) is 49.1. The number of hydrogen-bond acceptors (Lipinski definition) is 12. The second kappa shape index (κ2) is 22.5. The molecule has 7 rings (SSSR count). The number of allylic oxidation sites excluding steroid dienone is 1. The van der Waals surface area contributed by atoms with Crippen molar-refractivity contribution in [1.82, 2.24) is 9.88 Å². The van der Waals surface area contributed by atoms with Gasteiger partial charge in [-0.25, -0.2) is 14.6 Å². The van der Waals surface area contributed by atoms with Crippen molar-refractivity contribution < 1.29 is 42.9 Å². The number of esters is 2. The first-order valence-electron chi connectivity index (χ1n) is 21.5. The summed E-state index contributed by atoms with van der Waals surface area (Å²) in [5.74, 6) is -1.24. The van der Waals surface area contributed by atoms with Gasteiger partial charge in [-0.2, -0.15) is 0 Å². The van der Waals surface area contributed by atoms with Gasteiger partial charge in [0.1, 0.15) is 30.5 Å². The molecule has 1 aromatic heterocycles. The lowest BCUT2D eigenvalue weighted by atomic mass is 9.92. The third-order valence-corrected chi connectivity index (χ3v) is 10.2. The zero-order valence-corrected chi connectivity index (χ0v) is 38.3. The first-order chi connectivity index (χ1) is 30.2. The van der Waals surface area contributed by atoms with Crippen molar-refractivity contribution in [3.63, 3.8) is 0 Å². The van der Waals surface area contributed by atoms with Gasteiger partial charge >= 0.3 is 18.1 Å². The highest BCUT2D eigenvalue weighted by atomic mass is 16.7. The van der Waals surface area contributed by atoms with Crippen molar-refractivity contribution in [3.05, 3.63) is 124 Å². The standard InChI is InChI=1S/C30H32N2O9.C17H17N.2C2H6/c1-6-19-21-12-18(39-29(37)41-30(2,3)4)9-10-23(21)31-26-22(19)14-32(5)24(26)13-20-17(15-34)16-38-28(36)27(20)40-25(35)8-7-11-33;1-13-11-14-7-3-4-8-15(14)12-18(2)17-10-6-5-9-16(13)17;2*1-2/h9-13,15,27H,6-8,14,16H2,1-5H3;3-10H,1,11-12H2,2H3;2*1-2H3/b24-13-;;;. The minimum absolute atomic E-state index is 0.0568. The van der Waals surface area contributed by atoms with Gasteiger partial charge in [0.25, 0.3) is 0 Å². The number of para-hydroxylation sites is 1.